The lowest BCUT2D eigenvalue weighted by Crippen LogP contribution is -2.32. The first-order valence-corrected chi connectivity index (χ1v) is 29.4. The molecule has 0 saturated carbocycles. The van der Waals surface area contributed by atoms with Crippen molar-refractivity contribution in [2.45, 2.75) is 229 Å². The second-order valence-corrected chi connectivity index (χ2v) is 21.7. The van der Waals surface area contributed by atoms with Gasteiger partial charge >= 0.3 is 0 Å². The summed E-state index contributed by atoms with van der Waals surface area (Å²) >= 11 is 0. The predicted molar refractivity (Wildman–Crippen MR) is 307 cm³/mol. The van der Waals surface area contributed by atoms with E-state index in [1.165, 1.54) is 177 Å². The van der Waals surface area contributed by atoms with Gasteiger partial charge in [0.05, 0.1) is 0 Å². The molecule has 0 saturated heterocycles. The fourth-order valence-corrected chi connectivity index (χ4v) is 11.3. The molecule has 0 bridgehead atoms. The summed E-state index contributed by atoms with van der Waals surface area (Å²) in [4.78, 5) is 17.0. The number of unbranched alkanes of at least 4 members (excludes halogenated alkanes) is 16. The largest absolute Gasteiger partial charge is 0.871 e. The van der Waals surface area contributed by atoms with Gasteiger partial charge in [-0.3, -0.25) is 4.79 Å². The molecule has 0 spiro atoms. The van der Waals surface area contributed by atoms with Crippen LogP contribution >= 0.6 is 0 Å². The molecule has 0 fully saturated rings. The minimum Gasteiger partial charge on any atom is -0.871 e. The van der Waals surface area contributed by atoms with Crippen molar-refractivity contribution >= 4 is 34.1 Å². The summed E-state index contributed by atoms with van der Waals surface area (Å²) < 4.78 is 2.52. The molecule has 0 aliphatic heterocycles. The van der Waals surface area contributed by atoms with Crippen molar-refractivity contribution in [3.05, 3.63) is 129 Å². The first kappa shape index (κ1) is 57.5. The maximum absolute atomic E-state index is 14.5. The fourth-order valence-electron chi connectivity index (χ4n) is 11.3. The molecule has 0 amide bonds. The molecule has 2 aliphatic carbocycles. The van der Waals surface area contributed by atoms with Gasteiger partial charge in [-0.1, -0.05) is 200 Å². The Morgan fingerprint density at radius 1 is 0.521 bits per heavy atom. The number of rotatable bonds is 34. The average Bonchev–Trinajstić information content (AvgIpc) is 3.38. The summed E-state index contributed by atoms with van der Waals surface area (Å²) in [5, 5.41) is 14.5. The van der Waals surface area contributed by atoms with Crippen LogP contribution in [0.4, 0.5) is 17.1 Å². The Bertz CT molecular complexity index is 2230. The minimum atomic E-state index is -0.124. The normalized spacial score (nSPS) is 16.4. The van der Waals surface area contributed by atoms with Crippen molar-refractivity contribution < 1.29 is 14.5 Å². The highest BCUT2D eigenvalue weighted by molar-refractivity contribution is 6.40. The van der Waals surface area contributed by atoms with E-state index in [9.17, 15) is 9.90 Å². The van der Waals surface area contributed by atoms with E-state index in [-0.39, 0.29) is 11.5 Å². The number of benzene rings is 3. The number of hydrogen-bond acceptors (Lipinski definition) is 3. The number of Topliss-reactive ketones (excluding diaryl/α,β-unsaturated/α-hetero) is 1. The molecule has 0 aromatic heterocycles. The van der Waals surface area contributed by atoms with Crippen molar-refractivity contribution in [1.82, 2.24) is 0 Å². The van der Waals surface area contributed by atoms with Gasteiger partial charge in [0.1, 0.15) is 0 Å². The van der Waals surface area contributed by atoms with E-state index in [2.05, 4.69) is 151 Å². The Morgan fingerprint density at radius 2 is 0.972 bits per heavy atom. The summed E-state index contributed by atoms with van der Waals surface area (Å²) in [6, 6.07) is 22.7. The van der Waals surface area contributed by atoms with Crippen LogP contribution < -0.4 is 10.0 Å². The number of ketones is 1. The molecule has 5 rings (SSSR count). The van der Waals surface area contributed by atoms with Crippen LogP contribution in [0, 0.1) is 25.7 Å². The minimum absolute atomic E-state index is 0.124. The number of anilines is 2. The van der Waals surface area contributed by atoms with Crippen molar-refractivity contribution in [2.24, 2.45) is 11.8 Å². The van der Waals surface area contributed by atoms with Crippen LogP contribution in [0.2, 0.25) is 0 Å². The van der Waals surface area contributed by atoms with E-state index in [1.54, 1.807) is 0 Å². The first-order chi connectivity index (χ1) is 34.6. The zero-order valence-corrected chi connectivity index (χ0v) is 46.7. The van der Waals surface area contributed by atoms with E-state index in [1.807, 2.05) is 0 Å². The van der Waals surface area contributed by atoms with Gasteiger partial charge in [-0.2, -0.15) is 4.58 Å². The highest BCUT2D eigenvalue weighted by Gasteiger charge is 2.34. The lowest BCUT2D eigenvalue weighted by Gasteiger charge is -2.35. The molecule has 2 atom stereocenters. The molecule has 0 radical (unpaired) electrons. The highest BCUT2D eigenvalue weighted by atomic mass is 16.3. The predicted octanol–water partition coefficient (Wildman–Crippen LogP) is 18.5. The third-order valence-electron chi connectivity index (χ3n) is 15.8. The molecule has 3 aromatic carbocycles. The standard InChI is InChI=1S/C67H98N2O2/c1-10-16-20-24-26-30-34-56(32-28-22-18-12-3)49-68(58-40-36-54(14-5)37-41-58)60-44-45-62(51(7)46-60)64-66(70)65(67(64)71)63-52(8)47-61(48-53(63)9)69(59-42-38-55(15-6)39-43-59)50-57(33-29-23-19-13-4)35-31-27-25-21-17-11-2/h36-48,56-57H,10-35,49-50H2,1-9H3. The fraction of sp³-hybridized carbons (Fsp3) is 0.582. The van der Waals surface area contributed by atoms with Crippen molar-refractivity contribution in [3.8, 4) is 0 Å². The van der Waals surface area contributed by atoms with Gasteiger partial charge in [0.2, 0.25) is 11.4 Å². The summed E-state index contributed by atoms with van der Waals surface area (Å²) in [6.07, 6.45) is 39.6. The Morgan fingerprint density at radius 3 is 1.44 bits per heavy atom. The lowest BCUT2D eigenvalue weighted by atomic mass is 9.76. The molecule has 71 heavy (non-hydrogen) atoms. The second kappa shape index (κ2) is 31.2. The Kier molecular flexibility index (Phi) is 25.3. The molecule has 4 nitrogen and oxygen atoms in total. The van der Waals surface area contributed by atoms with Crippen LogP contribution in [0.25, 0.3) is 5.57 Å². The SMILES string of the molecule is CCCCCCCCC(CCCCCC)CN(c1ccc(CC)cc1)c1cc(C)c(C2=C([O-])/C(=C3\C=CC(=[N+](CC(CCCCCC)CCCCCCCC)c4ccc(CC)cc4)C=C3C)C2=O)c(C)c1. The smallest absolute Gasteiger partial charge is 0.205 e. The van der Waals surface area contributed by atoms with E-state index < -0.39 is 0 Å². The Hall–Kier alpha value is -4.44. The van der Waals surface area contributed by atoms with E-state index in [4.69, 9.17) is 0 Å². The molecular formula is C67H98N2O2. The number of carbonyl (C=O) groups excluding carboxylic acids is 1. The maximum atomic E-state index is 14.5. The number of hydrogen-bond donors (Lipinski definition) is 0. The third-order valence-corrected chi connectivity index (χ3v) is 15.8. The maximum Gasteiger partial charge on any atom is 0.205 e. The third kappa shape index (κ3) is 17.1. The highest BCUT2D eigenvalue weighted by Crippen LogP contribution is 2.43. The van der Waals surface area contributed by atoms with Gasteiger partial charge < -0.3 is 10.0 Å². The van der Waals surface area contributed by atoms with Gasteiger partial charge in [-0.25, -0.2) is 0 Å². The van der Waals surface area contributed by atoms with E-state index in [0.29, 0.717) is 23.0 Å². The van der Waals surface area contributed by atoms with Gasteiger partial charge in [0, 0.05) is 59.3 Å². The summed E-state index contributed by atoms with van der Waals surface area (Å²) in [7, 11) is 0. The van der Waals surface area contributed by atoms with Gasteiger partial charge in [0.25, 0.3) is 0 Å². The molecular weight excluding hydrogens is 865 g/mol. The van der Waals surface area contributed by atoms with Gasteiger partial charge in [0.15, 0.2) is 12.3 Å². The number of allylic oxidation sites excluding steroid dienone is 7. The van der Waals surface area contributed by atoms with E-state index in [0.717, 1.165) is 65.2 Å². The van der Waals surface area contributed by atoms with Crippen LogP contribution in [0.5, 0.6) is 0 Å². The molecule has 2 aliphatic rings. The summed E-state index contributed by atoms with van der Waals surface area (Å²) in [5.74, 6) is 0.941. The van der Waals surface area contributed by atoms with Gasteiger partial charge in [-0.15, -0.1) is 0 Å². The van der Waals surface area contributed by atoms with Crippen molar-refractivity contribution in [3.63, 3.8) is 0 Å². The number of nitrogens with zero attached hydrogens (tertiary/aromatic N) is 2. The summed E-state index contributed by atoms with van der Waals surface area (Å²) in [6.45, 7) is 21.8. The quantitative estimate of drug-likeness (QED) is 0.0340. The lowest BCUT2D eigenvalue weighted by molar-refractivity contribution is -0.448. The van der Waals surface area contributed by atoms with Crippen LogP contribution in [0.1, 0.15) is 230 Å². The van der Waals surface area contributed by atoms with Crippen LogP contribution in [-0.4, -0.2) is 29.2 Å². The molecule has 4 heteroatoms. The van der Waals surface area contributed by atoms with Crippen molar-refractivity contribution in [2.75, 3.05) is 18.0 Å². The zero-order valence-electron chi connectivity index (χ0n) is 46.7. The topological polar surface area (TPSA) is 46.4 Å². The molecule has 0 N–H and O–H groups in total. The van der Waals surface area contributed by atoms with Crippen molar-refractivity contribution in [1.29, 1.82) is 0 Å². The van der Waals surface area contributed by atoms with Crippen LogP contribution in [0.3, 0.4) is 0 Å². The molecule has 2 unspecified atom stereocenters. The second-order valence-electron chi connectivity index (χ2n) is 21.7. The van der Waals surface area contributed by atoms with Crippen LogP contribution in [0.15, 0.2) is 101 Å². The molecule has 388 valence electrons. The zero-order chi connectivity index (χ0) is 51.0. The average molecular weight is 964 g/mol. The number of carbonyl (C=O) groups is 1. The monoisotopic (exact) mass is 963 g/mol. The van der Waals surface area contributed by atoms with Gasteiger partial charge in [-0.05, 0) is 135 Å². The Balaban J connectivity index is 1.46. The molecule has 3 aromatic rings. The summed E-state index contributed by atoms with van der Waals surface area (Å²) in [5.41, 5.74) is 12.6. The number of aryl methyl sites for hydroxylation is 4. The molecule has 0 heterocycles. The van der Waals surface area contributed by atoms with Crippen LogP contribution in [-0.2, 0) is 17.6 Å². The Labute approximate surface area is 434 Å². The first-order valence-electron chi connectivity index (χ1n) is 29.4. The van der Waals surface area contributed by atoms with E-state index >= 15 is 0 Å².